The van der Waals surface area contributed by atoms with Crippen molar-refractivity contribution in [2.24, 2.45) is 0 Å². The molecule has 2 heterocycles. The number of rotatable bonds is 1. The van der Waals surface area contributed by atoms with Crippen molar-refractivity contribution in [3.05, 3.63) is 33.9 Å². The fraction of sp³-hybridized carbons (Fsp3) is 0.154. The van der Waals surface area contributed by atoms with Gasteiger partial charge >= 0.3 is 0 Å². The molecular weight excluding hydrogens is 307 g/mol. The van der Waals surface area contributed by atoms with Gasteiger partial charge in [0.2, 0.25) is 0 Å². The van der Waals surface area contributed by atoms with Crippen LogP contribution in [0.1, 0.15) is 0 Å². The van der Waals surface area contributed by atoms with Crippen LogP contribution in [0.25, 0.3) is 21.9 Å². The van der Waals surface area contributed by atoms with E-state index in [2.05, 4.69) is 9.97 Å². The summed E-state index contributed by atoms with van der Waals surface area (Å²) in [4.78, 5) is 8.56. The van der Waals surface area contributed by atoms with Gasteiger partial charge in [-0.3, -0.25) is 0 Å². The maximum absolute atomic E-state index is 14.0. The summed E-state index contributed by atoms with van der Waals surface area (Å²) in [7, 11) is 3.26. The lowest BCUT2D eigenvalue weighted by Crippen LogP contribution is -2.12. The van der Waals surface area contributed by atoms with Gasteiger partial charge in [0.25, 0.3) is 0 Å². The number of anilines is 1. The number of hydrogen-bond donors (Lipinski definition) is 1. The van der Waals surface area contributed by atoms with Gasteiger partial charge in [-0.2, -0.15) is 0 Å². The lowest BCUT2D eigenvalue weighted by Gasteiger charge is -2.15. The third-order valence-electron chi connectivity index (χ3n) is 3.13. The van der Waals surface area contributed by atoms with Gasteiger partial charge in [0, 0.05) is 31.1 Å². The zero-order valence-corrected chi connectivity index (χ0v) is 12.1. The number of aromatic amines is 1. The summed E-state index contributed by atoms with van der Waals surface area (Å²) >= 11 is 12.1. The van der Waals surface area contributed by atoms with E-state index in [9.17, 15) is 8.78 Å². The van der Waals surface area contributed by atoms with Gasteiger partial charge < -0.3 is 9.88 Å². The average Bonchev–Trinajstić information content (AvgIpc) is 2.73. The fourth-order valence-corrected chi connectivity index (χ4v) is 2.66. The molecule has 2 aromatic heterocycles. The van der Waals surface area contributed by atoms with Crippen LogP contribution < -0.4 is 4.90 Å². The largest absolute Gasteiger partial charge is 0.373 e. The van der Waals surface area contributed by atoms with Gasteiger partial charge in [-0.15, -0.1) is 0 Å². The number of nitrogens with one attached hydrogen (secondary N) is 1. The Kier molecular flexibility index (Phi) is 2.99. The van der Waals surface area contributed by atoms with Gasteiger partial charge in [-0.25, -0.2) is 13.8 Å². The Hall–Kier alpha value is -1.59. The zero-order chi connectivity index (χ0) is 14.6. The van der Waals surface area contributed by atoms with Gasteiger partial charge in [-0.05, 0) is 6.07 Å². The number of benzene rings is 1. The minimum atomic E-state index is -0.946. The molecule has 1 aromatic carbocycles. The molecule has 3 nitrogen and oxygen atoms in total. The van der Waals surface area contributed by atoms with Crippen LogP contribution >= 0.6 is 23.2 Å². The molecule has 0 saturated heterocycles. The Morgan fingerprint density at radius 3 is 2.60 bits per heavy atom. The maximum atomic E-state index is 14.0. The number of H-pyrrole nitrogens is 1. The monoisotopic (exact) mass is 315 g/mol. The molecule has 0 bridgehead atoms. The quantitative estimate of drug-likeness (QED) is 0.723. The van der Waals surface area contributed by atoms with Crippen molar-refractivity contribution in [2.75, 3.05) is 19.0 Å². The van der Waals surface area contributed by atoms with Gasteiger partial charge in [0.1, 0.15) is 11.3 Å². The molecule has 0 aliphatic rings. The molecule has 104 valence electrons. The Bertz CT molecular complexity index is 843. The second-order valence-corrected chi connectivity index (χ2v) is 5.39. The summed E-state index contributed by atoms with van der Waals surface area (Å²) in [6, 6.07) is 1.10. The number of pyridine rings is 1. The predicted octanol–water partition coefficient (Wildman–Crippen LogP) is 4.37. The summed E-state index contributed by atoms with van der Waals surface area (Å²) in [6.45, 7) is 0. The second kappa shape index (κ2) is 4.46. The minimum absolute atomic E-state index is 0.116. The van der Waals surface area contributed by atoms with Gasteiger partial charge in [0.15, 0.2) is 11.6 Å². The first-order valence-corrected chi connectivity index (χ1v) is 6.48. The summed E-state index contributed by atoms with van der Waals surface area (Å²) < 4.78 is 27.8. The average molecular weight is 316 g/mol. The van der Waals surface area contributed by atoms with E-state index >= 15 is 0 Å². The lowest BCUT2D eigenvalue weighted by molar-refractivity contribution is 0.511. The molecule has 0 radical (unpaired) electrons. The third kappa shape index (κ3) is 1.73. The Morgan fingerprint density at radius 2 is 1.95 bits per heavy atom. The van der Waals surface area contributed by atoms with E-state index in [1.54, 1.807) is 14.1 Å². The van der Waals surface area contributed by atoms with Gasteiger partial charge in [0.05, 0.1) is 15.6 Å². The highest BCUT2D eigenvalue weighted by Crippen LogP contribution is 2.39. The first-order valence-electron chi connectivity index (χ1n) is 5.72. The highest BCUT2D eigenvalue weighted by Gasteiger charge is 2.21. The summed E-state index contributed by atoms with van der Waals surface area (Å²) in [5.74, 6) is -1.87. The van der Waals surface area contributed by atoms with Crippen molar-refractivity contribution in [1.29, 1.82) is 0 Å². The fourth-order valence-electron chi connectivity index (χ4n) is 2.28. The lowest BCUT2D eigenvalue weighted by atomic mass is 10.1. The van der Waals surface area contributed by atoms with E-state index in [4.69, 9.17) is 23.2 Å². The second-order valence-electron chi connectivity index (χ2n) is 4.61. The molecule has 3 aromatic rings. The van der Waals surface area contributed by atoms with Crippen molar-refractivity contribution < 1.29 is 8.78 Å². The molecule has 3 rings (SSSR count). The molecule has 0 saturated carbocycles. The highest BCUT2D eigenvalue weighted by atomic mass is 35.5. The number of nitrogens with zero attached hydrogens (tertiary/aromatic N) is 2. The van der Waals surface area contributed by atoms with Crippen LogP contribution in [0, 0.1) is 11.6 Å². The van der Waals surface area contributed by atoms with Gasteiger partial charge in [-0.1, -0.05) is 23.2 Å². The first-order chi connectivity index (χ1) is 9.41. The standard InChI is InChI=1S/C13H9Cl2F2N3/c1-20(2)12-10(17)7(16)3-5-8-9(15)6(14)4-18-13(8)19-11(5)12/h3-4H,1-2H3,(H,18,19). The first kappa shape index (κ1) is 13.4. The predicted molar refractivity (Wildman–Crippen MR) is 77.9 cm³/mol. The molecule has 0 amide bonds. The summed E-state index contributed by atoms with van der Waals surface area (Å²) in [6.07, 6.45) is 1.39. The molecule has 0 fully saturated rings. The van der Waals surface area contributed by atoms with E-state index < -0.39 is 11.6 Å². The van der Waals surface area contributed by atoms with Crippen molar-refractivity contribution in [1.82, 2.24) is 9.97 Å². The van der Waals surface area contributed by atoms with Crippen LogP contribution in [0.4, 0.5) is 14.5 Å². The Balaban J connectivity index is 2.59. The number of fused-ring (bicyclic) bond motifs is 3. The van der Waals surface area contributed by atoms with Crippen LogP contribution in [0.5, 0.6) is 0 Å². The Labute approximate surface area is 123 Å². The normalized spacial score (nSPS) is 11.5. The third-order valence-corrected chi connectivity index (χ3v) is 3.90. The number of hydrogen-bond acceptors (Lipinski definition) is 2. The molecule has 0 aliphatic heterocycles. The molecule has 0 spiro atoms. The van der Waals surface area contributed by atoms with Crippen LogP contribution in [-0.4, -0.2) is 24.1 Å². The molecule has 0 aliphatic carbocycles. The SMILES string of the molecule is CN(C)c1c(F)c(F)cc2c1[nH]c1ncc(Cl)c(Cl)c12. The Morgan fingerprint density at radius 1 is 1.25 bits per heavy atom. The minimum Gasteiger partial charge on any atom is -0.373 e. The zero-order valence-electron chi connectivity index (χ0n) is 10.6. The summed E-state index contributed by atoms with van der Waals surface area (Å²) in [5.41, 5.74) is 0.980. The molecule has 7 heteroatoms. The molecule has 0 atom stereocenters. The highest BCUT2D eigenvalue weighted by molar-refractivity contribution is 6.46. The molecule has 1 N–H and O–H groups in total. The number of halogens is 4. The van der Waals surface area contributed by atoms with Crippen LogP contribution in [-0.2, 0) is 0 Å². The van der Waals surface area contributed by atoms with Crippen molar-refractivity contribution in [3.8, 4) is 0 Å². The van der Waals surface area contributed by atoms with E-state index in [0.717, 1.165) is 6.07 Å². The van der Waals surface area contributed by atoms with Crippen LogP contribution in [0.3, 0.4) is 0 Å². The van der Waals surface area contributed by atoms with Crippen molar-refractivity contribution in [3.63, 3.8) is 0 Å². The van der Waals surface area contributed by atoms with Crippen molar-refractivity contribution >= 4 is 50.8 Å². The molecule has 0 unspecified atom stereocenters. The van der Waals surface area contributed by atoms with Crippen LogP contribution in [0.2, 0.25) is 10.0 Å². The van der Waals surface area contributed by atoms with Crippen LogP contribution in [0.15, 0.2) is 12.3 Å². The van der Waals surface area contributed by atoms with E-state index in [1.807, 2.05) is 0 Å². The molecule has 20 heavy (non-hydrogen) atoms. The van der Waals surface area contributed by atoms with E-state index in [1.165, 1.54) is 11.1 Å². The van der Waals surface area contributed by atoms with E-state index in [0.29, 0.717) is 21.9 Å². The van der Waals surface area contributed by atoms with Crippen molar-refractivity contribution in [2.45, 2.75) is 0 Å². The topological polar surface area (TPSA) is 31.9 Å². The maximum Gasteiger partial charge on any atom is 0.184 e. The molecular formula is C13H9Cl2F2N3. The smallest absolute Gasteiger partial charge is 0.184 e. The summed E-state index contributed by atoms with van der Waals surface area (Å²) in [5, 5.41) is 1.45. The number of aromatic nitrogens is 2. The van der Waals surface area contributed by atoms with E-state index in [-0.39, 0.29) is 15.7 Å².